The topological polar surface area (TPSA) is 87.7 Å². The van der Waals surface area contributed by atoms with Crippen LogP contribution in [0.4, 0.5) is 4.79 Å². The van der Waals surface area contributed by atoms with E-state index in [9.17, 15) is 14.4 Å². The first-order valence-electron chi connectivity index (χ1n) is 13.1. The van der Waals surface area contributed by atoms with Crippen LogP contribution in [0.2, 0.25) is 0 Å². The number of hydrogen-bond donors (Lipinski definition) is 2. The number of ether oxygens (including phenoxy) is 1. The molecule has 0 saturated carbocycles. The molecule has 1 aromatic carbocycles. The first-order chi connectivity index (χ1) is 16.4. The van der Waals surface area contributed by atoms with Gasteiger partial charge in [0.25, 0.3) is 0 Å². The summed E-state index contributed by atoms with van der Waals surface area (Å²) in [6, 6.07) is 6.13. The Morgan fingerprint density at radius 3 is 2.23 bits per heavy atom. The quantitative estimate of drug-likeness (QED) is 0.357. The monoisotopic (exact) mass is 489 g/mol. The number of carbonyl (C=O) groups excluding carboxylic acids is 3. The molecule has 2 atom stereocenters. The Bertz CT molecular complexity index is 817. The Kier molecular flexibility index (Phi) is 12.8. The summed E-state index contributed by atoms with van der Waals surface area (Å²) in [5, 5.41) is 5.79. The lowest BCUT2D eigenvalue weighted by atomic mass is 9.97. The van der Waals surface area contributed by atoms with Gasteiger partial charge in [-0.05, 0) is 52.0 Å². The molecule has 3 amide bonds. The SMILES string of the molecule is CCCCCN(C(=O)C(NC(=O)OC(C)(C)C)C(C)C)C(C(=O)NCCCC)c1cccc(C)c1. The van der Waals surface area contributed by atoms with E-state index in [2.05, 4.69) is 24.5 Å². The summed E-state index contributed by atoms with van der Waals surface area (Å²) < 4.78 is 5.42. The van der Waals surface area contributed by atoms with Crippen LogP contribution in [0.15, 0.2) is 24.3 Å². The van der Waals surface area contributed by atoms with E-state index in [-0.39, 0.29) is 17.7 Å². The summed E-state index contributed by atoms with van der Waals surface area (Å²) in [6.07, 6.45) is 3.88. The fourth-order valence-corrected chi connectivity index (χ4v) is 3.82. The van der Waals surface area contributed by atoms with E-state index in [0.29, 0.717) is 13.1 Å². The highest BCUT2D eigenvalue weighted by atomic mass is 16.6. The van der Waals surface area contributed by atoms with Gasteiger partial charge in [-0.2, -0.15) is 0 Å². The van der Waals surface area contributed by atoms with Crippen LogP contribution in [-0.2, 0) is 14.3 Å². The van der Waals surface area contributed by atoms with Crippen molar-refractivity contribution in [3.63, 3.8) is 0 Å². The predicted octanol–water partition coefficient (Wildman–Crippen LogP) is 5.52. The van der Waals surface area contributed by atoms with Crippen molar-refractivity contribution in [1.29, 1.82) is 0 Å². The van der Waals surface area contributed by atoms with Crippen molar-refractivity contribution >= 4 is 17.9 Å². The Hall–Kier alpha value is -2.57. The zero-order chi connectivity index (χ0) is 26.6. The summed E-state index contributed by atoms with van der Waals surface area (Å²) in [4.78, 5) is 41.7. The molecule has 0 bridgehead atoms. The average Bonchev–Trinajstić information content (AvgIpc) is 2.75. The summed E-state index contributed by atoms with van der Waals surface area (Å²) in [6.45, 7) is 16.2. The molecule has 1 rings (SSSR count). The van der Waals surface area contributed by atoms with Gasteiger partial charge in [-0.25, -0.2) is 4.79 Å². The maximum Gasteiger partial charge on any atom is 0.408 e. The van der Waals surface area contributed by atoms with E-state index in [1.54, 1.807) is 25.7 Å². The number of alkyl carbamates (subject to hydrolysis) is 1. The zero-order valence-electron chi connectivity index (χ0n) is 23.1. The second kappa shape index (κ2) is 14.7. The number of aryl methyl sites for hydroxylation is 1. The number of carbonyl (C=O) groups is 3. The van der Waals surface area contributed by atoms with Crippen molar-refractivity contribution in [2.75, 3.05) is 13.1 Å². The van der Waals surface area contributed by atoms with Crippen molar-refractivity contribution in [1.82, 2.24) is 15.5 Å². The van der Waals surface area contributed by atoms with Crippen molar-refractivity contribution in [3.05, 3.63) is 35.4 Å². The summed E-state index contributed by atoms with van der Waals surface area (Å²) in [5.74, 6) is -0.669. The second-order valence-electron chi connectivity index (χ2n) is 10.6. The van der Waals surface area contributed by atoms with Gasteiger partial charge in [-0.1, -0.05) is 76.8 Å². The Morgan fingerprint density at radius 2 is 1.69 bits per heavy atom. The molecule has 7 nitrogen and oxygen atoms in total. The molecule has 7 heteroatoms. The standard InChI is InChI=1S/C28H47N3O4/c1-9-11-13-18-31(26(33)23(20(3)4)30-27(34)35-28(6,7)8)24(25(32)29-17-12-10-2)22-16-14-15-21(5)19-22/h14-16,19-20,23-24H,9-13,17-18H2,1-8H3,(H,29,32)(H,30,34). The van der Waals surface area contributed by atoms with Crippen LogP contribution < -0.4 is 10.6 Å². The molecule has 0 aromatic heterocycles. The van der Waals surface area contributed by atoms with Gasteiger partial charge in [0.1, 0.15) is 17.7 Å². The van der Waals surface area contributed by atoms with Crippen molar-refractivity contribution < 1.29 is 19.1 Å². The molecule has 0 saturated heterocycles. The largest absolute Gasteiger partial charge is 0.444 e. The van der Waals surface area contributed by atoms with Crippen molar-refractivity contribution in [2.45, 2.75) is 105 Å². The highest BCUT2D eigenvalue weighted by Gasteiger charge is 2.37. The van der Waals surface area contributed by atoms with Gasteiger partial charge in [-0.15, -0.1) is 0 Å². The van der Waals surface area contributed by atoms with Crippen LogP contribution in [-0.4, -0.2) is 47.5 Å². The smallest absolute Gasteiger partial charge is 0.408 e. The maximum atomic E-state index is 14.0. The summed E-state index contributed by atoms with van der Waals surface area (Å²) in [7, 11) is 0. The minimum atomic E-state index is -0.817. The Labute approximate surface area is 212 Å². The first kappa shape index (κ1) is 30.5. The fraction of sp³-hybridized carbons (Fsp3) is 0.679. The van der Waals surface area contributed by atoms with Crippen LogP contribution in [0.25, 0.3) is 0 Å². The maximum absolute atomic E-state index is 14.0. The van der Waals surface area contributed by atoms with Gasteiger partial charge in [0, 0.05) is 13.1 Å². The molecule has 35 heavy (non-hydrogen) atoms. The van der Waals surface area contributed by atoms with Gasteiger partial charge in [0.15, 0.2) is 0 Å². The molecular formula is C28H47N3O4. The van der Waals surface area contributed by atoms with Crippen molar-refractivity contribution in [3.8, 4) is 0 Å². The second-order valence-corrected chi connectivity index (χ2v) is 10.6. The number of rotatable bonds is 13. The highest BCUT2D eigenvalue weighted by Crippen LogP contribution is 2.25. The van der Waals surface area contributed by atoms with E-state index in [1.807, 2.05) is 45.0 Å². The van der Waals surface area contributed by atoms with Gasteiger partial charge in [0.2, 0.25) is 11.8 Å². The summed E-state index contributed by atoms with van der Waals surface area (Å²) >= 11 is 0. The number of nitrogens with zero attached hydrogens (tertiary/aromatic N) is 1. The molecule has 0 fully saturated rings. The average molecular weight is 490 g/mol. The number of nitrogens with one attached hydrogen (secondary N) is 2. The Balaban J connectivity index is 3.40. The van der Waals surface area contributed by atoms with E-state index in [0.717, 1.165) is 43.2 Å². The fourth-order valence-electron chi connectivity index (χ4n) is 3.82. The molecular weight excluding hydrogens is 442 g/mol. The molecule has 2 unspecified atom stereocenters. The van der Waals surface area contributed by atoms with Crippen LogP contribution in [0.3, 0.4) is 0 Å². The Morgan fingerprint density at radius 1 is 1.03 bits per heavy atom. The van der Waals surface area contributed by atoms with Crippen LogP contribution in [0.5, 0.6) is 0 Å². The molecule has 0 aliphatic heterocycles. The lowest BCUT2D eigenvalue weighted by Crippen LogP contribution is -2.55. The minimum Gasteiger partial charge on any atom is -0.444 e. The number of benzene rings is 1. The van der Waals surface area contributed by atoms with Crippen LogP contribution in [0.1, 0.15) is 97.7 Å². The lowest BCUT2D eigenvalue weighted by Gasteiger charge is -2.35. The minimum absolute atomic E-state index is 0.190. The molecule has 0 aliphatic rings. The van der Waals surface area contributed by atoms with E-state index < -0.39 is 23.8 Å². The first-order valence-corrected chi connectivity index (χ1v) is 13.1. The molecule has 0 radical (unpaired) electrons. The van der Waals surface area contributed by atoms with E-state index in [4.69, 9.17) is 4.74 Å². The molecule has 0 aliphatic carbocycles. The van der Waals surface area contributed by atoms with E-state index in [1.165, 1.54) is 0 Å². The van der Waals surface area contributed by atoms with E-state index >= 15 is 0 Å². The molecule has 1 aromatic rings. The molecule has 198 valence electrons. The highest BCUT2D eigenvalue weighted by molar-refractivity contribution is 5.92. The number of unbranched alkanes of at least 4 members (excludes halogenated alkanes) is 3. The lowest BCUT2D eigenvalue weighted by molar-refractivity contribution is -0.143. The summed E-state index contributed by atoms with van der Waals surface area (Å²) in [5.41, 5.74) is 1.10. The third-order valence-electron chi connectivity index (χ3n) is 5.64. The normalized spacial score (nSPS) is 13.2. The number of hydrogen-bond acceptors (Lipinski definition) is 4. The predicted molar refractivity (Wildman–Crippen MR) is 141 cm³/mol. The third kappa shape index (κ3) is 10.7. The van der Waals surface area contributed by atoms with Crippen molar-refractivity contribution in [2.24, 2.45) is 5.92 Å². The zero-order valence-corrected chi connectivity index (χ0v) is 23.1. The van der Waals surface area contributed by atoms with Gasteiger partial charge in [-0.3, -0.25) is 9.59 Å². The van der Waals surface area contributed by atoms with Crippen LogP contribution >= 0.6 is 0 Å². The molecule has 0 heterocycles. The molecule has 0 spiro atoms. The van der Waals surface area contributed by atoms with Crippen LogP contribution in [0, 0.1) is 12.8 Å². The molecule has 2 N–H and O–H groups in total. The van der Waals surface area contributed by atoms with Gasteiger partial charge >= 0.3 is 6.09 Å². The number of amides is 3. The third-order valence-corrected chi connectivity index (χ3v) is 5.64. The van der Waals surface area contributed by atoms with Gasteiger partial charge < -0.3 is 20.3 Å². The van der Waals surface area contributed by atoms with Gasteiger partial charge in [0.05, 0.1) is 0 Å².